The van der Waals surface area contributed by atoms with Gasteiger partial charge in [-0.15, -0.1) is 0 Å². The Morgan fingerprint density at radius 2 is 1.83 bits per heavy atom. The average Bonchev–Trinajstić information content (AvgIpc) is 2.83. The lowest BCUT2D eigenvalue weighted by Crippen LogP contribution is -2.29. The van der Waals surface area contributed by atoms with Gasteiger partial charge in [0.15, 0.2) is 8.32 Å². The highest BCUT2D eigenvalue weighted by Crippen LogP contribution is 2.63. The maximum absolute atomic E-state index is 12.1. The van der Waals surface area contributed by atoms with Crippen molar-refractivity contribution in [2.75, 3.05) is 6.61 Å². The van der Waals surface area contributed by atoms with E-state index in [4.69, 9.17) is 9.16 Å². The van der Waals surface area contributed by atoms with Gasteiger partial charge in [0.2, 0.25) is 0 Å². The van der Waals surface area contributed by atoms with Gasteiger partial charge in [0, 0.05) is 5.41 Å². The van der Waals surface area contributed by atoms with Crippen molar-refractivity contribution in [1.29, 1.82) is 0 Å². The van der Waals surface area contributed by atoms with E-state index in [9.17, 15) is 4.79 Å². The van der Waals surface area contributed by atoms with Gasteiger partial charge in [-0.05, 0) is 39.4 Å². The molecule has 18 heavy (non-hydrogen) atoms. The zero-order valence-electron chi connectivity index (χ0n) is 12.1. The fourth-order valence-corrected chi connectivity index (χ4v) is 4.55. The normalized spacial score (nSPS) is 30.2. The van der Waals surface area contributed by atoms with E-state index >= 15 is 0 Å². The topological polar surface area (TPSA) is 35.5 Å². The van der Waals surface area contributed by atoms with E-state index < -0.39 is 8.32 Å². The molecule has 4 heteroatoms. The summed E-state index contributed by atoms with van der Waals surface area (Å²) >= 11 is 0. The highest BCUT2D eigenvalue weighted by Gasteiger charge is 2.69. The summed E-state index contributed by atoms with van der Waals surface area (Å²) in [6, 6.07) is 0. The monoisotopic (exact) mass is 270 g/mol. The van der Waals surface area contributed by atoms with Crippen LogP contribution < -0.4 is 0 Å². The predicted octanol–water partition coefficient (Wildman–Crippen LogP) is 3.35. The second kappa shape index (κ2) is 4.97. The maximum Gasteiger partial charge on any atom is 0.312 e. The van der Waals surface area contributed by atoms with Gasteiger partial charge in [-0.25, -0.2) is 0 Å². The van der Waals surface area contributed by atoms with Crippen LogP contribution in [0.15, 0.2) is 0 Å². The Morgan fingerprint density at radius 1 is 1.22 bits per heavy atom. The third-order valence-electron chi connectivity index (χ3n) is 4.19. The lowest BCUT2D eigenvalue weighted by Gasteiger charge is -2.25. The van der Waals surface area contributed by atoms with Gasteiger partial charge >= 0.3 is 5.97 Å². The Labute approximate surface area is 111 Å². The molecule has 2 atom stereocenters. The summed E-state index contributed by atoms with van der Waals surface area (Å²) in [6.45, 7) is 8.95. The van der Waals surface area contributed by atoms with Crippen molar-refractivity contribution in [1.82, 2.24) is 0 Å². The summed E-state index contributed by atoms with van der Waals surface area (Å²) in [5.74, 6) is -0.00729. The first-order valence-corrected chi connectivity index (χ1v) is 10.7. The molecule has 2 aliphatic rings. The zero-order valence-corrected chi connectivity index (χ0v) is 13.1. The molecule has 0 aliphatic heterocycles. The van der Waals surface area contributed by atoms with E-state index in [0.717, 1.165) is 12.8 Å². The zero-order chi connectivity index (χ0) is 13.4. The minimum Gasteiger partial charge on any atom is -0.466 e. The lowest BCUT2D eigenvalue weighted by molar-refractivity contribution is -0.146. The molecule has 2 rings (SSSR count). The summed E-state index contributed by atoms with van der Waals surface area (Å²) in [6.07, 6.45) is 6.21. The second-order valence-electron chi connectivity index (χ2n) is 6.67. The highest BCUT2D eigenvalue weighted by molar-refractivity contribution is 6.69. The predicted molar refractivity (Wildman–Crippen MR) is 73.9 cm³/mol. The fourth-order valence-electron chi connectivity index (χ4n) is 3.42. The minimum atomic E-state index is -1.59. The van der Waals surface area contributed by atoms with Crippen LogP contribution in [-0.2, 0) is 14.0 Å². The molecule has 104 valence electrons. The van der Waals surface area contributed by atoms with Crippen LogP contribution in [0.25, 0.3) is 0 Å². The number of carbonyl (C=O) groups excluding carboxylic acids is 1. The molecule has 2 fully saturated rings. The van der Waals surface area contributed by atoms with E-state index in [1.807, 2.05) is 6.92 Å². The van der Waals surface area contributed by atoms with Crippen molar-refractivity contribution in [2.24, 2.45) is 11.3 Å². The molecule has 0 N–H and O–H groups in total. The molecular formula is C14H26O3Si. The molecule has 0 aromatic carbocycles. The van der Waals surface area contributed by atoms with Gasteiger partial charge in [-0.2, -0.15) is 0 Å². The van der Waals surface area contributed by atoms with Crippen molar-refractivity contribution < 1.29 is 14.0 Å². The largest absolute Gasteiger partial charge is 0.466 e. The summed E-state index contributed by atoms with van der Waals surface area (Å²) in [7, 11) is -1.59. The third kappa shape index (κ3) is 2.64. The first-order valence-electron chi connectivity index (χ1n) is 7.25. The molecule has 0 heterocycles. The molecule has 0 aromatic rings. The van der Waals surface area contributed by atoms with Crippen molar-refractivity contribution in [3.05, 3.63) is 0 Å². The smallest absolute Gasteiger partial charge is 0.312 e. The fraction of sp³-hybridized carbons (Fsp3) is 0.929. The maximum atomic E-state index is 12.1. The molecule has 3 nitrogen and oxygen atoms in total. The molecule has 0 saturated heterocycles. The number of hydrogen-bond acceptors (Lipinski definition) is 3. The van der Waals surface area contributed by atoms with Gasteiger partial charge in [-0.3, -0.25) is 4.79 Å². The molecule has 0 amide bonds. The summed E-state index contributed by atoms with van der Waals surface area (Å²) in [5, 5.41) is 0. The molecule has 2 saturated carbocycles. The van der Waals surface area contributed by atoms with Crippen LogP contribution in [0.4, 0.5) is 0 Å². The first kappa shape index (κ1) is 14.1. The Morgan fingerprint density at radius 3 is 2.33 bits per heavy atom. The number of esters is 1. The van der Waals surface area contributed by atoms with Crippen LogP contribution in [0, 0.1) is 11.3 Å². The number of rotatable bonds is 4. The van der Waals surface area contributed by atoms with Crippen molar-refractivity contribution >= 4 is 14.3 Å². The van der Waals surface area contributed by atoms with E-state index in [1.165, 1.54) is 19.3 Å². The Bertz CT molecular complexity index is 315. The molecule has 2 aliphatic carbocycles. The lowest BCUT2D eigenvalue weighted by atomic mass is 9.84. The molecule has 0 radical (unpaired) electrons. The Balaban J connectivity index is 2.08. The van der Waals surface area contributed by atoms with Crippen molar-refractivity contribution in [2.45, 2.75) is 64.8 Å². The third-order valence-corrected chi connectivity index (χ3v) is 5.15. The summed E-state index contributed by atoms with van der Waals surface area (Å²) < 4.78 is 11.5. The van der Waals surface area contributed by atoms with Crippen LogP contribution in [0.5, 0.6) is 0 Å². The van der Waals surface area contributed by atoms with E-state index in [-0.39, 0.29) is 23.4 Å². The molecule has 0 bridgehead atoms. The standard InChI is InChI=1S/C14H26O3Si/c1-5-16-13(15)11-12(17-18(2,3)4)14(11)9-7-6-8-10-14/h11-12H,5-10H2,1-4H3/t11-,12+/m1/s1. The van der Waals surface area contributed by atoms with Crippen molar-refractivity contribution in [3.63, 3.8) is 0 Å². The van der Waals surface area contributed by atoms with E-state index in [1.54, 1.807) is 0 Å². The quantitative estimate of drug-likeness (QED) is 0.580. The van der Waals surface area contributed by atoms with Gasteiger partial charge < -0.3 is 9.16 Å². The van der Waals surface area contributed by atoms with Gasteiger partial charge in [0.05, 0.1) is 18.6 Å². The summed E-state index contributed by atoms with van der Waals surface area (Å²) in [5.41, 5.74) is 0.130. The van der Waals surface area contributed by atoms with Gasteiger partial charge in [0.1, 0.15) is 0 Å². The minimum absolute atomic E-state index is 0.0180. The summed E-state index contributed by atoms with van der Waals surface area (Å²) in [4.78, 5) is 12.1. The second-order valence-corrected chi connectivity index (χ2v) is 11.1. The van der Waals surface area contributed by atoms with Crippen LogP contribution in [0.2, 0.25) is 19.6 Å². The Kier molecular flexibility index (Phi) is 3.88. The highest BCUT2D eigenvalue weighted by atomic mass is 28.4. The first-order chi connectivity index (χ1) is 8.41. The molecule has 0 aromatic heterocycles. The SMILES string of the molecule is CCOC(=O)[C@H]1[C@H](O[Si](C)(C)C)C12CCCCC2. The van der Waals surface area contributed by atoms with Crippen LogP contribution >= 0.6 is 0 Å². The van der Waals surface area contributed by atoms with Crippen LogP contribution in [-0.4, -0.2) is 27.0 Å². The average molecular weight is 270 g/mol. The van der Waals surface area contributed by atoms with Gasteiger partial charge in [0.25, 0.3) is 0 Å². The van der Waals surface area contributed by atoms with E-state index in [2.05, 4.69) is 19.6 Å². The van der Waals surface area contributed by atoms with Gasteiger partial charge in [-0.1, -0.05) is 19.3 Å². The Hall–Kier alpha value is -0.353. The molecular weight excluding hydrogens is 244 g/mol. The number of carbonyl (C=O) groups is 1. The van der Waals surface area contributed by atoms with Crippen LogP contribution in [0.3, 0.4) is 0 Å². The number of ether oxygens (including phenoxy) is 1. The molecule has 0 unspecified atom stereocenters. The number of hydrogen-bond donors (Lipinski definition) is 0. The van der Waals surface area contributed by atoms with E-state index in [0.29, 0.717) is 6.61 Å². The molecule has 1 spiro atoms. The van der Waals surface area contributed by atoms with Crippen LogP contribution in [0.1, 0.15) is 39.0 Å². The van der Waals surface area contributed by atoms with Crippen molar-refractivity contribution in [3.8, 4) is 0 Å².